The van der Waals surface area contributed by atoms with Gasteiger partial charge >= 0.3 is 5.97 Å². The van der Waals surface area contributed by atoms with Crippen molar-refractivity contribution in [3.05, 3.63) is 29.8 Å². The van der Waals surface area contributed by atoms with E-state index in [0.717, 1.165) is 0 Å². The summed E-state index contributed by atoms with van der Waals surface area (Å²) in [6, 6.07) is 6.16. The maximum Gasteiger partial charge on any atom is 0.338 e. The second kappa shape index (κ2) is 6.56. The molecule has 1 rings (SSSR count). The van der Waals surface area contributed by atoms with E-state index in [1.165, 1.54) is 12.1 Å². The van der Waals surface area contributed by atoms with Gasteiger partial charge in [-0.25, -0.2) is 13.2 Å². The van der Waals surface area contributed by atoms with E-state index in [1.54, 1.807) is 32.9 Å². The molecule has 6 heteroatoms. The number of nitrogens with one attached hydrogen (secondary N) is 1. The average Bonchev–Trinajstić information content (AvgIpc) is 2.28. The molecule has 106 valence electrons. The summed E-state index contributed by atoms with van der Waals surface area (Å²) in [4.78, 5) is 11.6. The van der Waals surface area contributed by atoms with E-state index in [-0.39, 0.29) is 11.9 Å². The van der Waals surface area contributed by atoms with Gasteiger partial charge in [0.05, 0.1) is 17.4 Å². The third-order valence-corrected chi connectivity index (χ3v) is 3.70. The molecule has 19 heavy (non-hydrogen) atoms. The second-order valence-corrected chi connectivity index (χ2v) is 6.29. The monoisotopic (exact) mass is 285 g/mol. The van der Waals surface area contributed by atoms with Crippen LogP contribution in [-0.2, 0) is 14.8 Å². The van der Waals surface area contributed by atoms with Gasteiger partial charge in [-0.2, -0.15) is 0 Å². The Balaban J connectivity index is 2.74. The number of sulfonamides is 1. The Morgan fingerprint density at radius 1 is 1.26 bits per heavy atom. The first-order valence-corrected chi connectivity index (χ1v) is 7.81. The van der Waals surface area contributed by atoms with Crippen LogP contribution in [-0.4, -0.2) is 26.2 Å². The fourth-order valence-corrected chi connectivity index (χ4v) is 2.59. The minimum absolute atomic E-state index is 0.0736. The van der Waals surface area contributed by atoms with Crippen LogP contribution in [0.5, 0.6) is 0 Å². The van der Waals surface area contributed by atoms with Gasteiger partial charge in [-0.3, -0.25) is 4.72 Å². The van der Waals surface area contributed by atoms with E-state index in [2.05, 4.69) is 4.72 Å². The van der Waals surface area contributed by atoms with Crippen LogP contribution in [0.1, 0.15) is 37.6 Å². The van der Waals surface area contributed by atoms with Gasteiger partial charge in [0, 0.05) is 5.69 Å². The molecule has 5 nitrogen and oxygen atoms in total. The van der Waals surface area contributed by atoms with Crippen molar-refractivity contribution < 1.29 is 17.9 Å². The minimum atomic E-state index is -3.30. The molecule has 1 N–H and O–H groups in total. The van der Waals surface area contributed by atoms with Crippen molar-refractivity contribution in [2.24, 2.45) is 0 Å². The number of esters is 1. The van der Waals surface area contributed by atoms with E-state index >= 15 is 0 Å². The fourth-order valence-electron chi connectivity index (χ4n) is 1.46. The fraction of sp³-hybridized carbons (Fsp3) is 0.462. The number of rotatable bonds is 6. The summed E-state index contributed by atoms with van der Waals surface area (Å²) in [7, 11) is -3.30. The molecule has 0 saturated heterocycles. The molecule has 0 saturated carbocycles. The lowest BCUT2D eigenvalue weighted by atomic mass is 10.2. The molecule has 0 spiro atoms. The molecule has 0 aliphatic rings. The summed E-state index contributed by atoms with van der Waals surface area (Å²) >= 11 is 0. The second-order valence-electron chi connectivity index (χ2n) is 4.45. The van der Waals surface area contributed by atoms with Crippen molar-refractivity contribution >= 4 is 21.7 Å². The SMILES string of the molecule is CCCS(=O)(=O)Nc1ccc(C(=O)OC(C)C)cc1. The van der Waals surface area contributed by atoms with Gasteiger partial charge in [0.15, 0.2) is 0 Å². The van der Waals surface area contributed by atoms with Gasteiger partial charge in [0.2, 0.25) is 10.0 Å². The smallest absolute Gasteiger partial charge is 0.338 e. The van der Waals surface area contributed by atoms with Crippen molar-refractivity contribution in [3.8, 4) is 0 Å². The van der Waals surface area contributed by atoms with Crippen molar-refractivity contribution in [2.45, 2.75) is 33.3 Å². The summed E-state index contributed by atoms with van der Waals surface area (Å²) < 4.78 is 30.6. The molecular formula is C13H19NO4S. The third-order valence-electron chi connectivity index (χ3n) is 2.21. The summed E-state index contributed by atoms with van der Waals surface area (Å²) in [6.45, 7) is 5.33. The van der Waals surface area contributed by atoms with Crippen LogP contribution in [0.3, 0.4) is 0 Å². The van der Waals surface area contributed by atoms with Crippen molar-refractivity contribution in [2.75, 3.05) is 10.5 Å². The first-order chi connectivity index (χ1) is 8.84. The maximum atomic E-state index is 11.6. The van der Waals surface area contributed by atoms with Gasteiger partial charge in [-0.1, -0.05) is 6.92 Å². The number of carbonyl (C=O) groups excluding carboxylic acids is 1. The Morgan fingerprint density at radius 2 is 1.84 bits per heavy atom. The predicted molar refractivity (Wildman–Crippen MR) is 74.7 cm³/mol. The largest absolute Gasteiger partial charge is 0.459 e. The molecule has 0 unspecified atom stereocenters. The van der Waals surface area contributed by atoms with Crippen LogP contribution in [0.25, 0.3) is 0 Å². The van der Waals surface area contributed by atoms with E-state index in [9.17, 15) is 13.2 Å². The van der Waals surface area contributed by atoms with E-state index in [0.29, 0.717) is 17.7 Å². The normalized spacial score (nSPS) is 11.4. The molecule has 1 aromatic carbocycles. The molecule has 0 aromatic heterocycles. The van der Waals surface area contributed by atoms with Crippen LogP contribution in [0.2, 0.25) is 0 Å². The molecule has 0 aliphatic carbocycles. The molecule has 0 amide bonds. The molecule has 0 heterocycles. The lowest BCUT2D eigenvalue weighted by Gasteiger charge is -2.09. The molecule has 0 atom stereocenters. The molecular weight excluding hydrogens is 266 g/mol. The topological polar surface area (TPSA) is 72.5 Å². The van der Waals surface area contributed by atoms with Crippen molar-refractivity contribution in [1.29, 1.82) is 0 Å². The Labute approximate surface area is 114 Å². The third kappa shape index (κ3) is 5.30. The van der Waals surface area contributed by atoms with Gasteiger partial charge in [0.25, 0.3) is 0 Å². The number of anilines is 1. The Kier molecular flexibility index (Phi) is 5.35. The van der Waals surface area contributed by atoms with Crippen LogP contribution < -0.4 is 4.72 Å². The average molecular weight is 285 g/mol. The summed E-state index contributed by atoms with van der Waals surface area (Å²) in [6.07, 6.45) is 0.365. The van der Waals surface area contributed by atoms with Gasteiger partial charge in [-0.05, 0) is 44.5 Å². The molecule has 1 aromatic rings. The Bertz CT molecular complexity index is 520. The number of benzene rings is 1. The molecule has 0 fully saturated rings. The first kappa shape index (κ1) is 15.5. The zero-order valence-corrected chi connectivity index (χ0v) is 12.2. The highest BCUT2D eigenvalue weighted by Crippen LogP contribution is 2.13. The number of hydrogen-bond donors (Lipinski definition) is 1. The van der Waals surface area contributed by atoms with Crippen LogP contribution >= 0.6 is 0 Å². The summed E-state index contributed by atoms with van der Waals surface area (Å²) in [5.74, 6) is -0.345. The number of hydrogen-bond acceptors (Lipinski definition) is 4. The van der Waals surface area contributed by atoms with Crippen molar-refractivity contribution in [3.63, 3.8) is 0 Å². The number of carbonyl (C=O) groups is 1. The summed E-state index contributed by atoms with van der Waals surface area (Å²) in [5.41, 5.74) is 0.835. The van der Waals surface area contributed by atoms with Gasteiger partial charge in [0.1, 0.15) is 0 Å². The van der Waals surface area contributed by atoms with E-state index < -0.39 is 16.0 Å². The standard InChI is InChI=1S/C13H19NO4S/c1-4-9-19(16,17)14-12-7-5-11(6-8-12)13(15)18-10(2)3/h5-8,10,14H,4,9H2,1-3H3. The molecule has 0 radical (unpaired) electrons. The van der Waals surface area contributed by atoms with Gasteiger partial charge < -0.3 is 4.74 Å². The van der Waals surface area contributed by atoms with Crippen LogP contribution in [0, 0.1) is 0 Å². The van der Waals surface area contributed by atoms with E-state index in [4.69, 9.17) is 4.74 Å². The Hall–Kier alpha value is -1.56. The Morgan fingerprint density at radius 3 is 2.32 bits per heavy atom. The quantitative estimate of drug-likeness (QED) is 0.815. The van der Waals surface area contributed by atoms with Crippen molar-refractivity contribution in [1.82, 2.24) is 0 Å². The zero-order chi connectivity index (χ0) is 14.5. The minimum Gasteiger partial charge on any atom is -0.459 e. The van der Waals surface area contributed by atoms with Crippen LogP contribution in [0.15, 0.2) is 24.3 Å². The predicted octanol–water partition coefficient (Wildman–Crippen LogP) is 2.40. The lowest BCUT2D eigenvalue weighted by molar-refractivity contribution is 0.0378. The van der Waals surface area contributed by atoms with E-state index in [1.807, 2.05) is 0 Å². The maximum absolute atomic E-state index is 11.6. The highest BCUT2D eigenvalue weighted by atomic mass is 32.2. The van der Waals surface area contributed by atoms with Gasteiger partial charge in [-0.15, -0.1) is 0 Å². The lowest BCUT2D eigenvalue weighted by Crippen LogP contribution is -2.16. The van der Waals surface area contributed by atoms with Crippen LogP contribution in [0.4, 0.5) is 5.69 Å². The molecule has 0 aliphatic heterocycles. The summed E-state index contributed by atoms with van der Waals surface area (Å²) in [5, 5.41) is 0. The highest BCUT2D eigenvalue weighted by molar-refractivity contribution is 7.92. The highest BCUT2D eigenvalue weighted by Gasteiger charge is 2.11. The molecule has 0 bridgehead atoms. The zero-order valence-electron chi connectivity index (χ0n) is 11.3. The first-order valence-electron chi connectivity index (χ1n) is 6.15. The number of ether oxygens (including phenoxy) is 1.